The fourth-order valence-electron chi connectivity index (χ4n) is 2.24. The summed E-state index contributed by atoms with van der Waals surface area (Å²) in [4.78, 5) is 27.8. The Balaban J connectivity index is 2.18. The van der Waals surface area contributed by atoms with E-state index in [-0.39, 0.29) is 18.3 Å². The number of thiazole rings is 1. The number of likely N-dealkylation sites (tertiary alicyclic amines) is 1. The molecule has 5 nitrogen and oxygen atoms in total. The molecular formula is C12H13F3N2O3S. The predicted molar refractivity (Wildman–Crippen MR) is 68.0 cm³/mol. The number of hydrogen-bond donors (Lipinski definition) is 1. The number of carbonyl (C=O) groups excluding carboxylic acids is 1. The summed E-state index contributed by atoms with van der Waals surface area (Å²) in [5.74, 6) is -2.35. The molecule has 1 aliphatic heterocycles. The topological polar surface area (TPSA) is 70.5 Å². The van der Waals surface area contributed by atoms with Crippen molar-refractivity contribution >= 4 is 23.2 Å². The number of amides is 1. The number of carboxylic acid groups (broad SMARTS) is 1. The fraction of sp³-hybridized carbons (Fsp3) is 0.583. The minimum absolute atomic E-state index is 0.00574. The number of carboxylic acids is 1. The average molecular weight is 322 g/mol. The van der Waals surface area contributed by atoms with E-state index in [0.717, 1.165) is 5.38 Å². The molecule has 1 aromatic heterocycles. The Hall–Kier alpha value is -1.64. The van der Waals surface area contributed by atoms with Gasteiger partial charge in [0.05, 0.1) is 5.92 Å². The summed E-state index contributed by atoms with van der Waals surface area (Å²) in [6.45, 7) is 1.74. The van der Waals surface area contributed by atoms with Crippen LogP contribution in [0.3, 0.4) is 0 Å². The van der Waals surface area contributed by atoms with Crippen molar-refractivity contribution in [2.75, 3.05) is 6.54 Å². The van der Waals surface area contributed by atoms with Gasteiger partial charge in [0.2, 0.25) is 0 Å². The highest BCUT2D eigenvalue weighted by atomic mass is 32.1. The van der Waals surface area contributed by atoms with Crippen molar-refractivity contribution in [3.63, 3.8) is 0 Å². The second-order valence-electron chi connectivity index (χ2n) is 4.95. The second kappa shape index (κ2) is 5.63. The monoisotopic (exact) mass is 322 g/mol. The highest BCUT2D eigenvalue weighted by Crippen LogP contribution is 2.32. The first-order valence-electron chi connectivity index (χ1n) is 6.26. The third-order valence-corrected chi connectivity index (χ3v) is 4.35. The van der Waals surface area contributed by atoms with Crippen molar-refractivity contribution in [1.29, 1.82) is 0 Å². The molecule has 1 fully saturated rings. The molecule has 0 radical (unpaired) electrons. The van der Waals surface area contributed by atoms with E-state index in [1.54, 1.807) is 6.92 Å². The van der Waals surface area contributed by atoms with Gasteiger partial charge in [-0.2, -0.15) is 13.2 Å². The molecule has 9 heteroatoms. The molecule has 2 atom stereocenters. The van der Waals surface area contributed by atoms with Gasteiger partial charge in [0.15, 0.2) is 5.01 Å². The summed E-state index contributed by atoms with van der Waals surface area (Å²) >= 11 is 0.357. The summed E-state index contributed by atoms with van der Waals surface area (Å²) in [6, 6.07) is -0.218. The normalized spacial score (nSPS) is 23.1. The lowest BCUT2D eigenvalue weighted by atomic mass is 9.93. The molecule has 21 heavy (non-hydrogen) atoms. The van der Waals surface area contributed by atoms with Gasteiger partial charge in [0.1, 0.15) is 5.69 Å². The van der Waals surface area contributed by atoms with Crippen molar-refractivity contribution in [3.8, 4) is 0 Å². The Morgan fingerprint density at radius 2 is 2.10 bits per heavy atom. The molecule has 1 aliphatic rings. The molecule has 1 amide bonds. The summed E-state index contributed by atoms with van der Waals surface area (Å²) < 4.78 is 37.5. The fourth-order valence-corrected chi connectivity index (χ4v) is 2.90. The summed E-state index contributed by atoms with van der Waals surface area (Å²) in [5.41, 5.74) is -0.287. The van der Waals surface area contributed by atoms with Crippen LogP contribution in [0.2, 0.25) is 0 Å². The van der Waals surface area contributed by atoms with Crippen LogP contribution in [0, 0.1) is 5.92 Å². The van der Waals surface area contributed by atoms with Gasteiger partial charge in [-0.1, -0.05) is 0 Å². The van der Waals surface area contributed by atoms with E-state index in [2.05, 4.69) is 4.98 Å². The van der Waals surface area contributed by atoms with E-state index in [4.69, 9.17) is 5.11 Å². The molecule has 116 valence electrons. The van der Waals surface area contributed by atoms with Crippen LogP contribution in [0.15, 0.2) is 5.38 Å². The SMILES string of the molecule is CC1CCC(C(=O)O)CN1C(=O)c1csc(C(F)(F)F)n1. The Bertz CT molecular complexity index is 558. The maximum Gasteiger partial charge on any atom is 0.443 e. The number of carbonyl (C=O) groups is 2. The minimum Gasteiger partial charge on any atom is -0.481 e. The summed E-state index contributed by atoms with van der Waals surface area (Å²) in [6.07, 6.45) is -3.63. The quantitative estimate of drug-likeness (QED) is 0.908. The van der Waals surface area contributed by atoms with Crippen LogP contribution in [-0.2, 0) is 11.0 Å². The highest BCUT2D eigenvalue weighted by molar-refractivity contribution is 7.09. The second-order valence-corrected chi connectivity index (χ2v) is 5.81. The molecule has 0 saturated carbocycles. The molecular weight excluding hydrogens is 309 g/mol. The number of hydrogen-bond acceptors (Lipinski definition) is 4. The van der Waals surface area contributed by atoms with Crippen molar-refractivity contribution in [2.24, 2.45) is 5.92 Å². The number of aliphatic carboxylic acids is 1. The largest absolute Gasteiger partial charge is 0.481 e. The van der Waals surface area contributed by atoms with Gasteiger partial charge in [0, 0.05) is 18.0 Å². The van der Waals surface area contributed by atoms with E-state index in [9.17, 15) is 22.8 Å². The summed E-state index contributed by atoms with van der Waals surface area (Å²) in [5, 5.41) is 8.98. The number of rotatable bonds is 2. The van der Waals surface area contributed by atoms with Crippen LogP contribution in [0.1, 0.15) is 35.3 Å². The molecule has 1 N–H and O–H groups in total. The van der Waals surface area contributed by atoms with Crippen molar-refractivity contribution in [2.45, 2.75) is 32.0 Å². The van der Waals surface area contributed by atoms with E-state index in [1.807, 2.05) is 0 Å². The molecule has 0 bridgehead atoms. The average Bonchev–Trinajstić information content (AvgIpc) is 2.87. The minimum atomic E-state index is -4.58. The lowest BCUT2D eigenvalue weighted by Crippen LogP contribution is -2.47. The van der Waals surface area contributed by atoms with Crippen molar-refractivity contribution in [3.05, 3.63) is 16.1 Å². The maximum absolute atomic E-state index is 12.5. The molecule has 0 aliphatic carbocycles. The number of halogens is 3. The standard InChI is InChI=1S/C12H13F3N2O3S/c1-6-2-3-7(10(19)20)4-17(6)9(18)8-5-21-11(16-8)12(13,14)15/h5-7H,2-4H2,1H3,(H,19,20). The molecule has 2 unspecified atom stereocenters. The zero-order valence-electron chi connectivity index (χ0n) is 11.1. The maximum atomic E-state index is 12.5. The van der Waals surface area contributed by atoms with Gasteiger partial charge in [-0.15, -0.1) is 11.3 Å². The molecule has 1 saturated heterocycles. The van der Waals surface area contributed by atoms with Crippen LogP contribution in [0.4, 0.5) is 13.2 Å². The van der Waals surface area contributed by atoms with Crippen LogP contribution in [-0.4, -0.2) is 39.5 Å². The summed E-state index contributed by atoms with van der Waals surface area (Å²) in [7, 11) is 0. The highest BCUT2D eigenvalue weighted by Gasteiger charge is 2.37. The van der Waals surface area contributed by atoms with E-state index >= 15 is 0 Å². The van der Waals surface area contributed by atoms with Crippen LogP contribution >= 0.6 is 11.3 Å². The van der Waals surface area contributed by atoms with E-state index in [1.165, 1.54) is 4.90 Å². The molecule has 2 heterocycles. The van der Waals surface area contributed by atoms with E-state index < -0.39 is 29.0 Å². The van der Waals surface area contributed by atoms with Gasteiger partial charge in [-0.25, -0.2) is 4.98 Å². The Kier molecular flexibility index (Phi) is 4.22. The first-order chi connectivity index (χ1) is 9.70. The Morgan fingerprint density at radius 3 is 2.62 bits per heavy atom. The molecule has 0 spiro atoms. The van der Waals surface area contributed by atoms with Crippen LogP contribution in [0.5, 0.6) is 0 Å². The molecule has 2 rings (SSSR count). The first kappa shape index (κ1) is 15.7. The Labute approximate surface area is 122 Å². The zero-order valence-corrected chi connectivity index (χ0v) is 11.9. The van der Waals surface area contributed by atoms with Gasteiger partial charge in [-0.05, 0) is 19.8 Å². The lowest BCUT2D eigenvalue weighted by Gasteiger charge is -2.36. The van der Waals surface area contributed by atoms with Gasteiger partial charge < -0.3 is 10.0 Å². The van der Waals surface area contributed by atoms with Crippen LogP contribution in [0.25, 0.3) is 0 Å². The number of aromatic nitrogens is 1. The van der Waals surface area contributed by atoms with Gasteiger partial charge in [0.25, 0.3) is 5.91 Å². The zero-order chi connectivity index (χ0) is 15.8. The Morgan fingerprint density at radius 1 is 1.43 bits per heavy atom. The number of alkyl halides is 3. The van der Waals surface area contributed by atoms with Gasteiger partial charge in [-0.3, -0.25) is 9.59 Å². The molecule has 1 aromatic rings. The van der Waals surface area contributed by atoms with Crippen molar-refractivity contribution in [1.82, 2.24) is 9.88 Å². The first-order valence-corrected chi connectivity index (χ1v) is 7.14. The number of piperidine rings is 1. The lowest BCUT2D eigenvalue weighted by molar-refractivity contribution is -0.143. The number of nitrogens with zero attached hydrogens (tertiary/aromatic N) is 2. The van der Waals surface area contributed by atoms with Gasteiger partial charge >= 0.3 is 12.1 Å². The predicted octanol–water partition coefficient (Wildman–Crippen LogP) is 2.49. The smallest absolute Gasteiger partial charge is 0.443 e. The molecule has 0 aromatic carbocycles. The third-order valence-electron chi connectivity index (χ3n) is 3.46. The van der Waals surface area contributed by atoms with Crippen molar-refractivity contribution < 1.29 is 27.9 Å². The third kappa shape index (κ3) is 3.34. The van der Waals surface area contributed by atoms with Crippen LogP contribution < -0.4 is 0 Å². The van der Waals surface area contributed by atoms with E-state index in [0.29, 0.717) is 24.2 Å².